The summed E-state index contributed by atoms with van der Waals surface area (Å²) in [4.78, 5) is 27.2. The number of aliphatic carboxylic acids is 1. The van der Waals surface area contributed by atoms with E-state index in [-0.39, 0.29) is 12.6 Å². The van der Waals surface area contributed by atoms with Crippen LogP contribution >= 0.6 is 0 Å². The summed E-state index contributed by atoms with van der Waals surface area (Å²) in [5.74, 6) is -0.803. The molecule has 2 aliphatic rings. The van der Waals surface area contributed by atoms with E-state index in [9.17, 15) is 19.8 Å². The van der Waals surface area contributed by atoms with Crippen LogP contribution in [0.1, 0.15) is 39.5 Å². The summed E-state index contributed by atoms with van der Waals surface area (Å²) < 4.78 is 0. The Labute approximate surface area is 119 Å². The lowest BCUT2D eigenvalue weighted by Gasteiger charge is -2.27. The van der Waals surface area contributed by atoms with Crippen LogP contribution in [0.4, 0.5) is 4.79 Å². The third-order valence-corrected chi connectivity index (χ3v) is 4.53. The van der Waals surface area contributed by atoms with E-state index < -0.39 is 17.0 Å². The van der Waals surface area contributed by atoms with E-state index in [1.165, 1.54) is 0 Å². The van der Waals surface area contributed by atoms with Crippen LogP contribution in [0.5, 0.6) is 0 Å². The van der Waals surface area contributed by atoms with Crippen molar-refractivity contribution in [1.82, 2.24) is 9.80 Å². The number of urea groups is 1. The summed E-state index contributed by atoms with van der Waals surface area (Å²) in [5, 5.41) is 19.4. The van der Waals surface area contributed by atoms with Gasteiger partial charge in [-0.1, -0.05) is 13.3 Å². The smallest absolute Gasteiger partial charge is 0.320 e. The highest BCUT2D eigenvalue weighted by Gasteiger charge is 2.47. The molecule has 0 saturated carbocycles. The minimum absolute atomic E-state index is 0.137. The van der Waals surface area contributed by atoms with E-state index in [0.717, 1.165) is 6.42 Å². The van der Waals surface area contributed by atoms with Gasteiger partial charge < -0.3 is 20.0 Å². The lowest BCUT2D eigenvalue weighted by atomic mass is 9.83. The Balaban J connectivity index is 2.02. The predicted molar refractivity (Wildman–Crippen MR) is 73.4 cm³/mol. The minimum Gasteiger partial charge on any atom is -0.481 e. The van der Waals surface area contributed by atoms with Crippen LogP contribution in [-0.2, 0) is 4.79 Å². The Morgan fingerprint density at radius 3 is 2.25 bits per heavy atom. The Kier molecular flexibility index (Phi) is 3.95. The zero-order valence-corrected chi connectivity index (χ0v) is 12.3. The summed E-state index contributed by atoms with van der Waals surface area (Å²) in [6.45, 7) is 5.33. The number of rotatable bonds is 3. The summed E-state index contributed by atoms with van der Waals surface area (Å²) >= 11 is 0. The molecule has 20 heavy (non-hydrogen) atoms. The number of carboxylic acids is 1. The van der Waals surface area contributed by atoms with Gasteiger partial charge in [-0.15, -0.1) is 0 Å². The van der Waals surface area contributed by atoms with Crippen LogP contribution in [0.2, 0.25) is 0 Å². The second-order valence-corrected chi connectivity index (χ2v) is 6.46. The third kappa shape index (κ3) is 2.75. The fraction of sp³-hybridized carbons (Fsp3) is 0.857. The molecule has 6 nitrogen and oxygen atoms in total. The number of hydrogen-bond donors (Lipinski definition) is 2. The summed E-state index contributed by atoms with van der Waals surface area (Å²) in [6.07, 6.45) is 2.49. The van der Waals surface area contributed by atoms with Gasteiger partial charge in [0.05, 0.1) is 17.6 Å². The van der Waals surface area contributed by atoms with Crippen molar-refractivity contribution in [3.63, 3.8) is 0 Å². The Morgan fingerprint density at radius 2 is 1.75 bits per heavy atom. The summed E-state index contributed by atoms with van der Waals surface area (Å²) in [7, 11) is 0. The van der Waals surface area contributed by atoms with Crippen LogP contribution in [0.25, 0.3) is 0 Å². The van der Waals surface area contributed by atoms with Crippen molar-refractivity contribution in [3.05, 3.63) is 0 Å². The molecular weight excluding hydrogens is 260 g/mol. The van der Waals surface area contributed by atoms with Crippen molar-refractivity contribution in [3.8, 4) is 0 Å². The van der Waals surface area contributed by atoms with E-state index in [1.54, 1.807) is 16.7 Å². The summed E-state index contributed by atoms with van der Waals surface area (Å²) in [5.41, 5.74) is -1.60. The highest BCUT2D eigenvalue weighted by molar-refractivity contribution is 5.80. The molecule has 0 aromatic carbocycles. The van der Waals surface area contributed by atoms with Crippen molar-refractivity contribution in [1.29, 1.82) is 0 Å². The molecule has 2 aliphatic heterocycles. The number of carboxylic acid groups (broad SMARTS) is 1. The molecule has 0 aromatic heterocycles. The lowest BCUT2D eigenvalue weighted by molar-refractivity contribution is -0.148. The predicted octanol–water partition coefficient (Wildman–Crippen LogP) is 1.14. The Morgan fingerprint density at radius 1 is 1.15 bits per heavy atom. The van der Waals surface area contributed by atoms with Crippen LogP contribution in [-0.4, -0.2) is 63.8 Å². The van der Waals surface area contributed by atoms with Crippen molar-refractivity contribution < 1.29 is 19.8 Å². The molecule has 2 saturated heterocycles. The quantitative estimate of drug-likeness (QED) is 0.814. The maximum absolute atomic E-state index is 12.4. The largest absolute Gasteiger partial charge is 0.481 e. The number of carbonyl (C=O) groups is 2. The molecule has 2 amide bonds. The highest BCUT2D eigenvalue weighted by atomic mass is 16.4. The average Bonchev–Trinajstić information content (AvgIpc) is 2.94. The van der Waals surface area contributed by atoms with Crippen LogP contribution in [0, 0.1) is 5.41 Å². The van der Waals surface area contributed by atoms with Crippen molar-refractivity contribution >= 4 is 12.0 Å². The van der Waals surface area contributed by atoms with Crippen LogP contribution in [0.15, 0.2) is 0 Å². The molecule has 2 N–H and O–H groups in total. The zero-order valence-electron chi connectivity index (χ0n) is 12.3. The number of carbonyl (C=O) groups excluding carboxylic acids is 1. The molecule has 0 radical (unpaired) electrons. The fourth-order valence-electron chi connectivity index (χ4n) is 3.31. The van der Waals surface area contributed by atoms with Gasteiger partial charge >= 0.3 is 12.0 Å². The summed E-state index contributed by atoms with van der Waals surface area (Å²) in [6, 6.07) is -0.137. The minimum atomic E-state index is -0.817. The molecular formula is C14H24N2O4. The van der Waals surface area contributed by atoms with Crippen LogP contribution in [0.3, 0.4) is 0 Å². The highest BCUT2D eigenvalue weighted by Crippen LogP contribution is 2.36. The number of amides is 2. The van der Waals surface area contributed by atoms with Gasteiger partial charge in [0.1, 0.15) is 0 Å². The van der Waals surface area contributed by atoms with Gasteiger partial charge in [0.2, 0.25) is 0 Å². The van der Waals surface area contributed by atoms with E-state index in [1.807, 2.05) is 6.92 Å². The molecule has 2 fully saturated rings. The van der Waals surface area contributed by atoms with Crippen molar-refractivity contribution in [2.24, 2.45) is 5.41 Å². The molecule has 0 spiro atoms. The van der Waals surface area contributed by atoms with Crippen LogP contribution < -0.4 is 0 Å². The topological polar surface area (TPSA) is 81.1 Å². The fourth-order valence-corrected chi connectivity index (χ4v) is 3.31. The molecule has 0 aromatic rings. The first-order valence-electron chi connectivity index (χ1n) is 7.29. The molecule has 2 rings (SSSR count). The third-order valence-electron chi connectivity index (χ3n) is 4.53. The lowest BCUT2D eigenvalue weighted by Crippen LogP contribution is -2.44. The van der Waals surface area contributed by atoms with E-state index in [4.69, 9.17) is 0 Å². The average molecular weight is 284 g/mol. The first-order valence-corrected chi connectivity index (χ1v) is 7.29. The molecule has 0 bridgehead atoms. The van der Waals surface area contributed by atoms with Gasteiger partial charge in [0.15, 0.2) is 0 Å². The van der Waals surface area contributed by atoms with Gasteiger partial charge in [0.25, 0.3) is 0 Å². The zero-order chi connectivity index (χ0) is 15.0. The normalized spacial score (nSPS) is 33.8. The molecule has 2 unspecified atom stereocenters. The van der Waals surface area contributed by atoms with Gasteiger partial charge in [-0.05, 0) is 26.2 Å². The molecule has 6 heteroatoms. The molecule has 0 aliphatic carbocycles. The van der Waals surface area contributed by atoms with Crippen molar-refractivity contribution in [2.45, 2.75) is 45.1 Å². The first kappa shape index (κ1) is 15.1. The first-order chi connectivity index (χ1) is 9.30. The molecule has 2 heterocycles. The second kappa shape index (κ2) is 5.24. The standard InChI is InChI=1S/C14H24N2O4/c1-3-4-14(11(17)18)6-8-16(10-14)12(19)15-7-5-13(2,20)9-15/h20H,3-10H2,1-2H3,(H,17,18). The number of nitrogens with zero attached hydrogens (tertiary/aromatic N) is 2. The van der Waals surface area contributed by atoms with Gasteiger partial charge in [0, 0.05) is 19.6 Å². The maximum Gasteiger partial charge on any atom is 0.320 e. The van der Waals surface area contributed by atoms with Gasteiger partial charge in [-0.25, -0.2) is 4.79 Å². The SMILES string of the molecule is CCCC1(C(=O)O)CCN(C(=O)N2CCC(C)(O)C2)C1. The van der Waals surface area contributed by atoms with Crippen molar-refractivity contribution in [2.75, 3.05) is 26.2 Å². The monoisotopic (exact) mass is 284 g/mol. The molecule has 114 valence electrons. The van der Waals surface area contributed by atoms with E-state index in [2.05, 4.69) is 0 Å². The number of aliphatic hydroxyl groups is 1. The number of β-amino-alcohol motifs (C(OH)–C–C–N with tert-alkyl or cyclic N) is 1. The Hall–Kier alpha value is -1.30. The number of likely N-dealkylation sites (tertiary alicyclic amines) is 2. The van der Waals surface area contributed by atoms with Gasteiger partial charge in [-0.3, -0.25) is 4.79 Å². The van der Waals surface area contributed by atoms with E-state index in [0.29, 0.717) is 38.9 Å². The Bertz CT molecular complexity index is 410. The van der Waals surface area contributed by atoms with Gasteiger partial charge in [-0.2, -0.15) is 0 Å². The number of hydrogen-bond acceptors (Lipinski definition) is 3. The maximum atomic E-state index is 12.4. The van der Waals surface area contributed by atoms with E-state index >= 15 is 0 Å². The second-order valence-electron chi connectivity index (χ2n) is 6.46. The molecule has 2 atom stereocenters.